The molecule has 1 rings (SSSR count). The average molecular weight is 188 g/mol. The Morgan fingerprint density at radius 3 is 2.00 bits per heavy atom. The first-order chi connectivity index (χ1) is 6.60. The van der Waals surface area contributed by atoms with Crippen molar-refractivity contribution in [1.82, 2.24) is 0 Å². The second-order valence-electron chi connectivity index (χ2n) is 3.08. The molecule has 0 aliphatic rings. The number of aryl methyl sites for hydroxylation is 1. The van der Waals surface area contributed by atoms with Crippen molar-refractivity contribution in [2.45, 2.75) is 13.8 Å². The summed E-state index contributed by atoms with van der Waals surface area (Å²) < 4.78 is 0. The molecule has 0 aromatic heterocycles. The summed E-state index contributed by atoms with van der Waals surface area (Å²) in [5.74, 6) is 0. The molecule has 1 heteroatoms. The van der Waals surface area contributed by atoms with Gasteiger partial charge in [-0.15, -0.1) is 0 Å². The van der Waals surface area contributed by atoms with Gasteiger partial charge in [0.25, 0.3) is 0 Å². The SMILES string of the molecule is C=CC(=C)C.Cc1ccc(C=O)cc1. The summed E-state index contributed by atoms with van der Waals surface area (Å²) in [6.45, 7) is 10.9. The lowest BCUT2D eigenvalue weighted by atomic mass is 10.2. The molecular weight excluding hydrogens is 172 g/mol. The molecule has 0 saturated carbocycles. The Bertz CT molecular complexity index is 307. The van der Waals surface area contributed by atoms with Gasteiger partial charge in [-0.05, 0) is 13.8 Å². The van der Waals surface area contributed by atoms with Crippen molar-refractivity contribution in [2.75, 3.05) is 0 Å². The molecule has 0 spiro atoms. The first-order valence-corrected chi connectivity index (χ1v) is 4.40. The summed E-state index contributed by atoms with van der Waals surface area (Å²) in [4.78, 5) is 10.1. The molecule has 0 amide bonds. The van der Waals surface area contributed by atoms with Gasteiger partial charge in [0.2, 0.25) is 0 Å². The van der Waals surface area contributed by atoms with Crippen LogP contribution in [0.25, 0.3) is 0 Å². The maximum absolute atomic E-state index is 10.1. The van der Waals surface area contributed by atoms with Crippen LogP contribution in [0.15, 0.2) is 49.1 Å². The zero-order valence-electron chi connectivity index (χ0n) is 8.79. The molecule has 0 bridgehead atoms. The Morgan fingerprint density at radius 2 is 1.71 bits per heavy atom. The molecule has 0 aliphatic carbocycles. The summed E-state index contributed by atoms with van der Waals surface area (Å²) in [6, 6.07) is 7.46. The Labute approximate surface area is 85.8 Å². The van der Waals surface area contributed by atoms with Gasteiger partial charge >= 0.3 is 0 Å². The third-order valence-corrected chi connectivity index (χ3v) is 1.56. The molecule has 14 heavy (non-hydrogen) atoms. The second kappa shape index (κ2) is 6.84. The molecule has 0 unspecified atom stereocenters. The molecule has 1 aromatic carbocycles. The zero-order valence-corrected chi connectivity index (χ0v) is 8.79. The lowest BCUT2D eigenvalue weighted by Gasteiger charge is -1.89. The first kappa shape index (κ1) is 12.4. The van der Waals surface area contributed by atoms with Crippen molar-refractivity contribution >= 4 is 6.29 Å². The maximum atomic E-state index is 10.1. The van der Waals surface area contributed by atoms with Crippen molar-refractivity contribution in [3.8, 4) is 0 Å². The molecule has 1 nitrogen and oxygen atoms in total. The molecule has 0 heterocycles. The van der Waals surface area contributed by atoms with E-state index in [1.165, 1.54) is 5.56 Å². The lowest BCUT2D eigenvalue weighted by Crippen LogP contribution is -1.77. The van der Waals surface area contributed by atoms with Crippen LogP contribution in [0.2, 0.25) is 0 Å². The highest BCUT2D eigenvalue weighted by atomic mass is 16.1. The van der Waals surface area contributed by atoms with Crippen LogP contribution in [-0.2, 0) is 0 Å². The standard InChI is InChI=1S/C8H8O.C5H8/c1-7-2-4-8(6-9)5-3-7;1-4-5(2)3/h2-6H,1H3;4H,1-2H2,3H3. The van der Waals surface area contributed by atoms with E-state index in [0.717, 1.165) is 17.4 Å². The average Bonchev–Trinajstić information content (AvgIpc) is 2.20. The number of hydrogen-bond donors (Lipinski definition) is 0. The van der Waals surface area contributed by atoms with Crippen LogP contribution in [0.1, 0.15) is 22.8 Å². The topological polar surface area (TPSA) is 17.1 Å². The number of aldehydes is 1. The zero-order chi connectivity index (χ0) is 11.0. The summed E-state index contributed by atoms with van der Waals surface area (Å²) in [7, 11) is 0. The number of benzene rings is 1. The van der Waals surface area contributed by atoms with E-state index in [9.17, 15) is 4.79 Å². The van der Waals surface area contributed by atoms with Crippen LogP contribution in [0.4, 0.5) is 0 Å². The minimum atomic E-state index is 0.737. The maximum Gasteiger partial charge on any atom is 0.150 e. The highest BCUT2D eigenvalue weighted by Crippen LogP contribution is 1.98. The van der Waals surface area contributed by atoms with Gasteiger partial charge in [0, 0.05) is 5.56 Å². The van der Waals surface area contributed by atoms with E-state index < -0.39 is 0 Å². The predicted octanol–water partition coefficient (Wildman–Crippen LogP) is 3.56. The highest BCUT2D eigenvalue weighted by molar-refractivity contribution is 5.74. The van der Waals surface area contributed by atoms with Gasteiger partial charge in [-0.1, -0.05) is 54.6 Å². The van der Waals surface area contributed by atoms with Crippen LogP contribution < -0.4 is 0 Å². The summed E-state index contributed by atoms with van der Waals surface area (Å²) in [5.41, 5.74) is 2.94. The molecular formula is C13H16O. The van der Waals surface area contributed by atoms with Gasteiger partial charge in [0.15, 0.2) is 0 Å². The third-order valence-electron chi connectivity index (χ3n) is 1.56. The molecule has 1 aromatic rings. The van der Waals surface area contributed by atoms with Gasteiger partial charge in [0.1, 0.15) is 6.29 Å². The normalized spacial score (nSPS) is 8.14. The Balaban J connectivity index is 0.000000292. The minimum Gasteiger partial charge on any atom is -0.298 e. The van der Waals surface area contributed by atoms with Crippen molar-refractivity contribution in [1.29, 1.82) is 0 Å². The van der Waals surface area contributed by atoms with E-state index in [0.29, 0.717) is 0 Å². The molecule has 0 N–H and O–H groups in total. The van der Waals surface area contributed by atoms with Gasteiger partial charge < -0.3 is 0 Å². The second-order valence-corrected chi connectivity index (χ2v) is 3.08. The fraction of sp³-hybridized carbons (Fsp3) is 0.154. The molecule has 0 radical (unpaired) electrons. The van der Waals surface area contributed by atoms with Gasteiger partial charge in [0.05, 0.1) is 0 Å². The van der Waals surface area contributed by atoms with Gasteiger partial charge in [-0.2, -0.15) is 0 Å². The smallest absolute Gasteiger partial charge is 0.150 e. The largest absolute Gasteiger partial charge is 0.298 e. The van der Waals surface area contributed by atoms with Crippen LogP contribution in [0.3, 0.4) is 0 Å². The van der Waals surface area contributed by atoms with E-state index in [4.69, 9.17) is 0 Å². The first-order valence-electron chi connectivity index (χ1n) is 4.40. The fourth-order valence-corrected chi connectivity index (χ4v) is 0.645. The quantitative estimate of drug-likeness (QED) is 0.512. The van der Waals surface area contributed by atoms with Crippen LogP contribution in [0, 0.1) is 6.92 Å². The van der Waals surface area contributed by atoms with Crippen LogP contribution in [0.5, 0.6) is 0 Å². The third kappa shape index (κ3) is 5.95. The lowest BCUT2D eigenvalue weighted by molar-refractivity contribution is 0.112. The predicted molar refractivity (Wildman–Crippen MR) is 61.6 cm³/mol. The van der Waals surface area contributed by atoms with E-state index in [2.05, 4.69) is 13.2 Å². The van der Waals surface area contributed by atoms with Crippen LogP contribution in [-0.4, -0.2) is 6.29 Å². The molecule has 0 atom stereocenters. The van der Waals surface area contributed by atoms with Crippen molar-refractivity contribution in [2.24, 2.45) is 0 Å². The molecule has 0 fully saturated rings. The molecule has 0 saturated heterocycles. The summed E-state index contributed by atoms with van der Waals surface area (Å²) >= 11 is 0. The van der Waals surface area contributed by atoms with Crippen molar-refractivity contribution in [3.05, 3.63) is 60.2 Å². The molecule has 0 aliphatic heterocycles. The monoisotopic (exact) mass is 188 g/mol. The van der Waals surface area contributed by atoms with E-state index in [1.807, 2.05) is 38.1 Å². The fourth-order valence-electron chi connectivity index (χ4n) is 0.645. The van der Waals surface area contributed by atoms with E-state index >= 15 is 0 Å². The van der Waals surface area contributed by atoms with E-state index in [1.54, 1.807) is 6.08 Å². The van der Waals surface area contributed by atoms with Crippen molar-refractivity contribution < 1.29 is 4.79 Å². The number of rotatable bonds is 2. The van der Waals surface area contributed by atoms with Gasteiger partial charge in [-0.25, -0.2) is 0 Å². The van der Waals surface area contributed by atoms with Crippen LogP contribution >= 0.6 is 0 Å². The number of carbonyl (C=O) groups is 1. The Morgan fingerprint density at radius 1 is 1.29 bits per heavy atom. The Kier molecular flexibility index (Phi) is 6.04. The minimum absolute atomic E-state index is 0.737. The number of carbonyl (C=O) groups excluding carboxylic acids is 1. The number of allylic oxidation sites excluding steroid dienone is 2. The van der Waals surface area contributed by atoms with Gasteiger partial charge in [-0.3, -0.25) is 4.79 Å². The highest BCUT2D eigenvalue weighted by Gasteiger charge is 1.85. The Hall–Kier alpha value is -1.63. The van der Waals surface area contributed by atoms with Crippen molar-refractivity contribution in [3.63, 3.8) is 0 Å². The summed E-state index contributed by atoms with van der Waals surface area (Å²) in [5, 5.41) is 0. The number of hydrogen-bond acceptors (Lipinski definition) is 1. The molecule has 74 valence electrons. The van der Waals surface area contributed by atoms with E-state index in [-0.39, 0.29) is 0 Å². The summed E-state index contributed by atoms with van der Waals surface area (Å²) in [6.07, 6.45) is 2.57.